The number of carbonyl (C=O) groups excluding carboxylic acids is 1. The standard InChI is InChI=1S/C26H22ClNO4S2/c1-2-30-23-12-18(8-10-22(23)32-15-17-6-4-3-5-7-17)16-31-21-11-9-20(27)13-19(21)14-24-25(29)28-26(33)34-24/h3-14H,2,15-16H2,1H3,(H,28,29,33)/b24-14+. The van der Waals surface area contributed by atoms with Gasteiger partial charge in [-0.1, -0.05) is 72.0 Å². The Morgan fingerprint density at radius 2 is 1.65 bits per heavy atom. The van der Waals surface area contributed by atoms with E-state index in [0.717, 1.165) is 11.1 Å². The second-order valence-corrected chi connectivity index (χ2v) is 9.47. The van der Waals surface area contributed by atoms with Crippen LogP contribution in [-0.2, 0) is 18.0 Å². The normalized spacial score (nSPS) is 14.2. The van der Waals surface area contributed by atoms with Crippen molar-refractivity contribution in [2.75, 3.05) is 6.61 Å². The Labute approximate surface area is 213 Å². The van der Waals surface area contributed by atoms with Gasteiger partial charge in [0.2, 0.25) is 0 Å². The summed E-state index contributed by atoms with van der Waals surface area (Å²) in [6.45, 7) is 3.20. The smallest absolute Gasteiger partial charge is 0.263 e. The number of nitrogens with one attached hydrogen (secondary N) is 1. The van der Waals surface area contributed by atoms with Gasteiger partial charge in [0.15, 0.2) is 11.5 Å². The maximum absolute atomic E-state index is 12.1. The van der Waals surface area contributed by atoms with E-state index in [-0.39, 0.29) is 5.91 Å². The first kappa shape index (κ1) is 24.1. The van der Waals surface area contributed by atoms with Crippen molar-refractivity contribution in [2.24, 2.45) is 0 Å². The van der Waals surface area contributed by atoms with Crippen molar-refractivity contribution in [1.82, 2.24) is 5.32 Å². The fourth-order valence-corrected chi connectivity index (χ4v) is 4.47. The molecule has 1 aliphatic heterocycles. The molecule has 3 aromatic carbocycles. The molecular weight excluding hydrogens is 490 g/mol. The predicted molar refractivity (Wildman–Crippen MR) is 140 cm³/mol. The lowest BCUT2D eigenvalue weighted by Gasteiger charge is -2.15. The number of carbonyl (C=O) groups is 1. The van der Waals surface area contributed by atoms with Crippen LogP contribution in [0.3, 0.4) is 0 Å². The minimum Gasteiger partial charge on any atom is -0.490 e. The highest BCUT2D eigenvalue weighted by molar-refractivity contribution is 8.26. The lowest BCUT2D eigenvalue weighted by atomic mass is 10.1. The van der Waals surface area contributed by atoms with Crippen molar-refractivity contribution in [1.29, 1.82) is 0 Å². The van der Waals surface area contributed by atoms with Gasteiger partial charge >= 0.3 is 0 Å². The van der Waals surface area contributed by atoms with Crippen molar-refractivity contribution in [3.8, 4) is 17.2 Å². The van der Waals surface area contributed by atoms with Gasteiger partial charge in [-0.05, 0) is 54.5 Å². The van der Waals surface area contributed by atoms with Gasteiger partial charge in [-0.15, -0.1) is 0 Å². The van der Waals surface area contributed by atoms with Crippen molar-refractivity contribution in [3.05, 3.63) is 93.3 Å². The molecule has 0 unspecified atom stereocenters. The molecule has 4 rings (SSSR count). The summed E-state index contributed by atoms with van der Waals surface area (Å²) < 4.78 is 18.3. The molecule has 1 heterocycles. The number of thiocarbonyl (C=S) groups is 1. The van der Waals surface area contributed by atoms with Crippen molar-refractivity contribution >= 4 is 51.9 Å². The lowest BCUT2D eigenvalue weighted by molar-refractivity contribution is -0.115. The van der Waals surface area contributed by atoms with Crippen LogP contribution in [0.1, 0.15) is 23.6 Å². The van der Waals surface area contributed by atoms with Crippen molar-refractivity contribution < 1.29 is 19.0 Å². The van der Waals surface area contributed by atoms with Crippen LogP contribution in [0.4, 0.5) is 0 Å². The molecular formula is C26H22ClNO4S2. The predicted octanol–water partition coefficient (Wildman–Crippen LogP) is 6.39. The SMILES string of the molecule is CCOc1cc(COc2ccc(Cl)cc2/C=C2/SC(=S)NC2=O)ccc1OCc1ccccc1. The van der Waals surface area contributed by atoms with Crippen LogP contribution in [0, 0.1) is 0 Å². The number of hydrogen-bond donors (Lipinski definition) is 1. The minimum absolute atomic E-state index is 0.228. The van der Waals surface area contributed by atoms with Gasteiger partial charge in [0.1, 0.15) is 23.3 Å². The Bertz CT molecular complexity index is 1230. The third kappa shape index (κ3) is 6.32. The Balaban J connectivity index is 1.49. The van der Waals surface area contributed by atoms with Gasteiger partial charge in [0.25, 0.3) is 5.91 Å². The molecule has 174 valence electrons. The van der Waals surface area contributed by atoms with Gasteiger partial charge < -0.3 is 19.5 Å². The van der Waals surface area contributed by atoms with Gasteiger partial charge in [0.05, 0.1) is 11.5 Å². The number of ether oxygens (including phenoxy) is 3. The first-order valence-corrected chi connectivity index (χ1v) is 12.2. The highest BCUT2D eigenvalue weighted by atomic mass is 35.5. The van der Waals surface area contributed by atoms with Crippen LogP contribution in [0.25, 0.3) is 6.08 Å². The molecule has 1 fully saturated rings. The molecule has 1 amide bonds. The van der Waals surface area contributed by atoms with Gasteiger partial charge in [-0.3, -0.25) is 4.79 Å². The molecule has 5 nitrogen and oxygen atoms in total. The van der Waals surface area contributed by atoms with E-state index in [0.29, 0.717) is 56.9 Å². The zero-order valence-electron chi connectivity index (χ0n) is 18.4. The molecule has 3 aromatic rings. The summed E-state index contributed by atoms with van der Waals surface area (Å²) in [5.41, 5.74) is 2.69. The molecule has 0 bridgehead atoms. The van der Waals surface area contributed by atoms with Crippen LogP contribution in [-0.4, -0.2) is 16.8 Å². The number of benzene rings is 3. The van der Waals surface area contributed by atoms with E-state index in [1.165, 1.54) is 11.8 Å². The van der Waals surface area contributed by atoms with Crippen LogP contribution in [0.2, 0.25) is 5.02 Å². The average Bonchev–Trinajstić information content (AvgIpc) is 3.15. The number of rotatable bonds is 9. The Morgan fingerprint density at radius 1 is 0.912 bits per heavy atom. The third-order valence-electron chi connectivity index (χ3n) is 4.84. The molecule has 0 radical (unpaired) electrons. The van der Waals surface area contributed by atoms with Crippen LogP contribution in [0.15, 0.2) is 71.6 Å². The number of halogens is 1. The van der Waals surface area contributed by atoms with Gasteiger partial charge in [-0.2, -0.15) is 0 Å². The summed E-state index contributed by atoms with van der Waals surface area (Å²) >= 11 is 12.5. The Morgan fingerprint density at radius 3 is 2.38 bits per heavy atom. The number of thioether (sulfide) groups is 1. The second-order valence-electron chi connectivity index (χ2n) is 7.31. The minimum atomic E-state index is -0.228. The Hall–Kier alpha value is -3.00. The summed E-state index contributed by atoms with van der Waals surface area (Å²) in [6, 6.07) is 21.0. The molecule has 0 aromatic heterocycles. The molecule has 1 saturated heterocycles. The number of amides is 1. The van der Waals surface area contributed by atoms with Gasteiger partial charge in [0, 0.05) is 10.6 Å². The molecule has 0 saturated carbocycles. The molecule has 0 aliphatic carbocycles. The van der Waals surface area contributed by atoms with Crippen LogP contribution < -0.4 is 19.5 Å². The lowest BCUT2D eigenvalue weighted by Crippen LogP contribution is -2.17. The molecule has 1 aliphatic rings. The summed E-state index contributed by atoms with van der Waals surface area (Å²) in [4.78, 5) is 12.5. The fraction of sp³-hybridized carbons (Fsp3) is 0.154. The molecule has 34 heavy (non-hydrogen) atoms. The molecule has 0 spiro atoms. The third-order valence-corrected chi connectivity index (χ3v) is 6.24. The topological polar surface area (TPSA) is 56.8 Å². The maximum Gasteiger partial charge on any atom is 0.263 e. The largest absolute Gasteiger partial charge is 0.490 e. The highest BCUT2D eigenvalue weighted by Gasteiger charge is 2.22. The van der Waals surface area contributed by atoms with Crippen molar-refractivity contribution in [2.45, 2.75) is 20.1 Å². The molecule has 1 N–H and O–H groups in total. The highest BCUT2D eigenvalue weighted by Crippen LogP contribution is 2.33. The quantitative estimate of drug-likeness (QED) is 0.265. The van der Waals surface area contributed by atoms with Crippen molar-refractivity contribution in [3.63, 3.8) is 0 Å². The van der Waals surface area contributed by atoms with Crippen LogP contribution in [0.5, 0.6) is 17.2 Å². The Kier molecular flexibility index (Phi) is 8.11. The van der Waals surface area contributed by atoms with E-state index in [1.54, 1.807) is 24.3 Å². The molecule has 8 heteroatoms. The average molecular weight is 512 g/mol. The monoisotopic (exact) mass is 511 g/mol. The van der Waals surface area contributed by atoms with E-state index >= 15 is 0 Å². The van der Waals surface area contributed by atoms with E-state index in [1.807, 2.05) is 55.5 Å². The van der Waals surface area contributed by atoms with E-state index in [2.05, 4.69) is 5.32 Å². The van der Waals surface area contributed by atoms with E-state index in [4.69, 9.17) is 38.0 Å². The van der Waals surface area contributed by atoms with E-state index < -0.39 is 0 Å². The summed E-state index contributed by atoms with van der Waals surface area (Å²) in [7, 11) is 0. The summed E-state index contributed by atoms with van der Waals surface area (Å²) in [5.74, 6) is 1.70. The van der Waals surface area contributed by atoms with Crippen LogP contribution >= 0.6 is 35.6 Å². The molecule has 0 atom stereocenters. The van der Waals surface area contributed by atoms with Gasteiger partial charge in [-0.25, -0.2) is 0 Å². The first-order valence-electron chi connectivity index (χ1n) is 10.6. The van der Waals surface area contributed by atoms with E-state index in [9.17, 15) is 4.79 Å². The number of hydrogen-bond acceptors (Lipinski definition) is 6. The summed E-state index contributed by atoms with van der Waals surface area (Å²) in [6.07, 6.45) is 1.73. The second kappa shape index (κ2) is 11.4. The summed E-state index contributed by atoms with van der Waals surface area (Å²) in [5, 5.41) is 3.16. The zero-order valence-corrected chi connectivity index (χ0v) is 20.8. The maximum atomic E-state index is 12.1. The zero-order chi connectivity index (χ0) is 23.9. The fourth-order valence-electron chi connectivity index (χ4n) is 3.25. The first-order chi connectivity index (χ1) is 16.5.